The fourth-order valence-corrected chi connectivity index (χ4v) is 4.14. The van der Waals surface area contributed by atoms with Crippen molar-refractivity contribution < 1.29 is 4.74 Å². The zero-order valence-corrected chi connectivity index (χ0v) is 16.8. The summed E-state index contributed by atoms with van der Waals surface area (Å²) in [7, 11) is 1.70. The van der Waals surface area contributed by atoms with Crippen LogP contribution in [0.4, 0.5) is 11.4 Å². The number of anilines is 2. The summed E-state index contributed by atoms with van der Waals surface area (Å²) in [5.74, 6) is 0.831. The van der Waals surface area contributed by atoms with Gasteiger partial charge in [-0.05, 0) is 65.9 Å². The summed E-state index contributed by atoms with van der Waals surface area (Å²) in [4.78, 5) is 5.68. The van der Waals surface area contributed by atoms with Crippen LogP contribution in [0.3, 0.4) is 0 Å². The van der Waals surface area contributed by atoms with Crippen molar-refractivity contribution in [2.45, 2.75) is 6.92 Å². The lowest BCUT2D eigenvalue weighted by molar-refractivity contribution is 0.415. The van der Waals surface area contributed by atoms with E-state index in [2.05, 4.69) is 62.8 Å². The highest BCUT2D eigenvalue weighted by Gasteiger charge is 2.08. The predicted molar refractivity (Wildman–Crippen MR) is 114 cm³/mol. The SMILES string of the molecule is COc1cc(Nc2ccnc3cc(Br)ccc23)cc(-c2cc(C)cs2)c1. The van der Waals surface area contributed by atoms with Gasteiger partial charge in [-0.1, -0.05) is 15.9 Å². The zero-order valence-electron chi connectivity index (χ0n) is 14.4. The Hall–Kier alpha value is -2.37. The molecule has 0 unspecified atom stereocenters. The number of nitrogens with zero attached hydrogens (tertiary/aromatic N) is 1. The van der Waals surface area contributed by atoms with Crippen LogP contribution in [0.1, 0.15) is 5.56 Å². The lowest BCUT2D eigenvalue weighted by Crippen LogP contribution is -1.94. The third-order valence-corrected chi connectivity index (χ3v) is 5.73. The smallest absolute Gasteiger partial charge is 0.121 e. The van der Waals surface area contributed by atoms with Crippen molar-refractivity contribution in [3.05, 3.63) is 70.1 Å². The molecule has 0 amide bonds. The first-order valence-corrected chi connectivity index (χ1v) is 9.85. The van der Waals surface area contributed by atoms with Crippen LogP contribution in [0.2, 0.25) is 0 Å². The molecule has 0 bridgehead atoms. The van der Waals surface area contributed by atoms with Crippen molar-refractivity contribution in [2.75, 3.05) is 12.4 Å². The second-order valence-electron chi connectivity index (χ2n) is 6.08. The van der Waals surface area contributed by atoms with E-state index in [0.29, 0.717) is 0 Å². The number of aromatic nitrogens is 1. The van der Waals surface area contributed by atoms with Crippen molar-refractivity contribution in [1.29, 1.82) is 0 Å². The van der Waals surface area contributed by atoms with Gasteiger partial charge in [-0.15, -0.1) is 11.3 Å². The Balaban J connectivity index is 1.77. The molecule has 0 spiro atoms. The Bertz CT molecular complexity index is 1090. The molecule has 2 aromatic carbocycles. The van der Waals surface area contributed by atoms with Gasteiger partial charge in [-0.3, -0.25) is 4.98 Å². The lowest BCUT2D eigenvalue weighted by atomic mass is 10.1. The number of pyridine rings is 1. The third-order valence-electron chi connectivity index (χ3n) is 4.14. The van der Waals surface area contributed by atoms with Crippen LogP contribution in [-0.2, 0) is 0 Å². The van der Waals surface area contributed by atoms with E-state index in [1.165, 1.54) is 10.4 Å². The standard InChI is InChI=1S/C21H17BrN2OS/c1-13-7-21(26-12-13)14-8-16(11-17(9-14)25-2)24-19-5-6-23-20-10-15(22)3-4-18(19)20/h3-12H,1-2H3,(H,23,24). The van der Waals surface area contributed by atoms with E-state index in [1.54, 1.807) is 18.4 Å². The first-order valence-electron chi connectivity index (χ1n) is 8.18. The number of hydrogen-bond donors (Lipinski definition) is 1. The molecule has 0 saturated heterocycles. The summed E-state index contributed by atoms with van der Waals surface area (Å²) < 4.78 is 6.53. The van der Waals surface area contributed by atoms with Gasteiger partial charge in [-0.25, -0.2) is 0 Å². The molecule has 0 aliphatic carbocycles. The van der Waals surface area contributed by atoms with E-state index < -0.39 is 0 Å². The van der Waals surface area contributed by atoms with Crippen LogP contribution < -0.4 is 10.1 Å². The molecule has 1 N–H and O–H groups in total. The van der Waals surface area contributed by atoms with Gasteiger partial charge < -0.3 is 10.1 Å². The van der Waals surface area contributed by atoms with Crippen molar-refractivity contribution in [3.8, 4) is 16.2 Å². The van der Waals surface area contributed by atoms with E-state index in [1.807, 2.05) is 30.5 Å². The number of hydrogen-bond acceptors (Lipinski definition) is 4. The Morgan fingerprint density at radius 2 is 1.96 bits per heavy atom. The summed E-state index contributed by atoms with van der Waals surface area (Å²) in [6.07, 6.45) is 1.82. The highest BCUT2D eigenvalue weighted by atomic mass is 79.9. The average molecular weight is 425 g/mol. The van der Waals surface area contributed by atoms with Gasteiger partial charge in [0.1, 0.15) is 5.75 Å². The summed E-state index contributed by atoms with van der Waals surface area (Å²) in [5, 5.41) is 6.77. The molecule has 26 heavy (non-hydrogen) atoms. The molecular weight excluding hydrogens is 408 g/mol. The number of rotatable bonds is 4. The number of fused-ring (bicyclic) bond motifs is 1. The van der Waals surface area contributed by atoms with Gasteiger partial charge in [-0.2, -0.15) is 0 Å². The van der Waals surface area contributed by atoms with Gasteiger partial charge in [0.2, 0.25) is 0 Å². The van der Waals surface area contributed by atoms with E-state index in [0.717, 1.165) is 38.1 Å². The minimum atomic E-state index is 0.831. The second kappa shape index (κ2) is 7.09. The molecule has 3 nitrogen and oxygen atoms in total. The van der Waals surface area contributed by atoms with Crippen LogP contribution >= 0.6 is 27.3 Å². The van der Waals surface area contributed by atoms with Crippen LogP contribution in [0, 0.1) is 6.92 Å². The largest absolute Gasteiger partial charge is 0.497 e. The Labute approximate surface area is 164 Å². The predicted octanol–water partition coefficient (Wildman–Crippen LogP) is 6.79. The summed E-state index contributed by atoms with van der Waals surface area (Å²) in [6.45, 7) is 2.11. The minimum absolute atomic E-state index is 0.831. The highest BCUT2D eigenvalue weighted by Crippen LogP contribution is 2.34. The number of aryl methyl sites for hydroxylation is 1. The average Bonchev–Trinajstić information content (AvgIpc) is 3.08. The normalized spacial score (nSPS) is 10.9. The molecule has 4 rings (SSSR count). The summed E-state index contributed by atoms with van der Waals surface area (Å²) in [5.41, 5.74) is 5.37. The number of thiophene rings is 1. The molecule has 0 radical (unpaired) electrons. The Kier molecular flexibility index (Phi) is 4.66. The minimum Gasteiger partial charge on any atom is -0.497 e. The van der Waals surface area contributed by atoms with E-state index in [-0.39, 0.29) is 0 Å². The zero-order chi connectivity index (χ0) is 18.1. The Morgan fingerprint density at radius 1 is 1.08 bits per heavy atom. The maximum Gasteiger partial charge on any atom is 0.121 e. The van der Waals surface area contributed by atoms with Crippen molar-refractivity contribution in [2.24, 2.45) is 0 Å². The maximum atomic E-state index is 5.51. The first kappa shape index (κ1) is 17.1. The molecule has 0 fully saturated rings. The molecule has 2 aromatic heterocycles. The summed E-state index contributed by atoms with van der Waals surface area (Å²) >= 11 is 5.25. The fourth-order valence-electron chi connectivity index (χ4n) is 2.90. The molecule has 4 aromatic rings. The van der Waals surface area contributed by atoms with Crippen LogP contribution in [0.15, 0.2) is 64.6 Å². The number of methoxy groups -OCH3 is 1. The molecular formula is C21H17BrN2OS. The Morgan fingerprint density at radius 3 is 2.73 bits per heavy atom. The molecule has 130 valence electrons. The molecule has 5 heteroatoms. The lowest BCUT2D eigenvalue weighted by Gasteiger charge is -2.12. The highest BCUT2D eigenvalue weighted by molar-refractivity contribution is 9.10. The third kappa shape index (κ3) is 3.45. The van der Waals surface area contributed by atoms with Crippen molar-refractivity contribution in [3.63, 3.8) is 0 Å². The fraction of sp³-hybridized carbons (Fsp3) is 0.0952. The molecule has 0 aliphatic rings. The van der Waals surface area contributed by atoms with Crippen LogP contribution in [0.25, 0.3) is 21.3 Å². The number of nitrogens with one attached hydrogen (secondary N) is 1. The van der Waals surface area contributed by atoms with Crippen LogP contribution in [0.5, 0.6) is 5.75 Å². The van der Waals surface area contributed by atoms with Crippen molar-refractivity contribution >= 4 is 49.5 Å². The van der Waals surface area contributed by atoms with Gasteiger partial charge >= 0.3 is 0 Å². The van der Waals surface area contributed by atoms with Crippen molar-refractivity contribution in [1.82, 2.24) is 4.98 Å². The number of halogens is 1. The van der Waals surface area contributed by atoms with Gasteiger partial charge in [0, 0.05) is 38.4 Å². The van der Waals surface area contributed by atoms with Gasteiger partial charge in [0.05, 0.1) is 12.6 Å². The molecule has 0 saturated carbocycles. The quantitative estimate of drug-likeness (QED) is 0.391. The topological polar surface area (TPSA) is 34.1 Å². The second-order valence-corrected chi connectivity index (χ2v) is 7.91. The number of ether oxygens (including phenoxy) is 1. The van der Waals surface area contributed by atoms with Gasteiger partial charge in [0.15, 0.2) is 0 Å². The van der Waals surface area contributed by atoms with Gasteiger partial charge in [0.25, 0.3) is 0 Å². The van der Waals surface area contributed by atoms with E-state index in [9.17, 15) is 0 Å². The maximum absolute atomic E-state index is 5.51. The van der Waals surface area contributed by atoms with E-state index in [4.69, 9.17) is 4.74 Å². The monoisotopic (exact) mass is 424 g/mol. The van der Waals surface area contributed by atoms with E-state index >= 15 is 0 Å². The summed E-state index contributed by atoms with van der Waals surface area (Å²) in [6, 6.07) is 16.5. The molecule has 0 aliphatic heterocycles. The molecule has 0 atom stereocenters. The molecule has 2 heterocycles. The van der Waals surface area contributed by atoms with Crippen LogP contribution in [-0.4, -0.2) is 12.1 Å². The first-order chi connectivity index (χ1) is 12.6. The number of benzene rings is 2.